The molecule has 0 bridgehead atoms. The molecule has 0 atom stereocenters. The normalized spacial score (nSPS) is 11.1. The summed E-state index contributed by atoms with van der Waals surface area (Å²) in [5.74, 6) is 0.810. The number of benzene rings is 1. The van der Waals surface area contributed by atoms with Crippen molar-refractivity contribution in [2.24, 2.45) is 4.99 Å². The standard InChI is InChI=1S/C17H23ClN4S.HI/c1-4-19-17(21-11-16-22-12(2)13(3)23-16)20-10-9-14-7-5-6-8-15(14)18;/h5-8H,4,9-11H2,1-3H3,(H2,19,20,21);1H. The lowest BCUT2D eigenvalue weighted by atomic mass is 10.1. The van der Waals surface area contributed by atoms with E-state index < -0.39 is 0 Å². The van der Waals surface area contributed by atoms with Gasteiger partial charge in [-0.05, 0) is 38.8 Å². The predicted molar refractivity (Wildman–Crippen MR) is 115 cm³/mol. The summed E-state index contributed by atoms with van der Waals surface area (Å²) in [7, 11) is 0. The summed E-state index contributed by atoms with van der Waals surface area (Å²) in [6.07, 6.45) is 0.861. The zero-order chi connectivity index (χ0) is 16.7. The van der Waals surface area contributed by atoms with Crippen molar-refractivity contribution in [2.75, 3.05) is 13.1 Å². The summed E-state index contributed by atoms with van der Waals surface area (Å²) in [4.78, 5) is 10.4. The number of hydrogen-bond donors (Lipinski definition) is 2. The monoisotopic (exact) mass is 478 g/mol. The molecule has 2 aromatic rings. The van der Waals surface area contributed by atoms with Gasteiger partial charge in [0.2, 0.25) is 0 Å². The second-order valence-corrected chi connectivity index (χ2v) is 6.91. The highest BCUT2D eigenvalue weighted by Gasteiger charge is 2.04. The fraction of sp³-hybridized carbons (Fsp3) is 0.412. The Morgan fingerprint density at radius 1 is 1.25 bits per heavy atom. The van der Waals surface area contributed by atoms with Crippen LogP contribution in [0.3, 0.4) is 0 Å². The molecule has 0 spiro atoms. The molecule has 7 heteroatoms. The summed E-state index contributed by atoms with van der Waals surface area (Å²) >= 11 is 7.88. The molecule has 0 aliphatic rings. The Labute approximate surface area is 170 Å². The molecule has 0 unspecified atom stereocenters. The van der Waals surface area contributed by atoms with Crippen molar-refractivity contribution in [3.63, 3.8) is 0 Å². The van der Waals surface area contributed by atoms with Gasteiger partial charge < -0.3 is 10.6 Å². The lowest BCUT2D eigenvalue weighted by Crippen LogP contribution is -2.38. The Hall–Kier alpha value is -0.860. The van der Waals surface area contributed by atoms with E-state index in [1.54, 1.807) is 11.3 Å². The van der Waals surface area contributed by atoms with Gasteiger partial charge in [-0.1, -0.05) is 29.8 Å². The van der Waals surface area contributed by atoms with E-state index in [9.17, 15) is 0 Å². The van der Waals surface area contributed by atoms with E-state index in [0.717, 1.165) is 46.8 Å². The number of thiazole rings is 1. The van der Waals surface area contributed by atoms with Gasteiger partial charge in [-0.2, -0.15) is 0 Å². The van der Waals surface area contributed by atoms with E-state index in [1.165, 1.54) is 4.88 Å². The number of nitrogens with zero attached hydrogens (tertiary/aromatic N) is 2. The molecule has 0 saturated heterocycles. The van der Waals surface area contributed by atoms with E-state index in [1.807, 2.05) is 25.1 Å². The van der Waals surface area contributed by atoms with E-state index >= 15 is 0 Å². The predicted octanol–water partition coefficient (Wildman–Crippen LogP) is 4.33. The minimum Gasteiger partial charge on any atom is -0.357 e. The molecule has 4 nitrogen and oxygen atoms in total. The van der Waals surface area contributed by atoms with Crippen molar-refractivity contribution >= 4 is 52.9 Å². The topological polar surface area (TPSA) is 49.3 Å². The van der Waals surface area contributed by atoms with Crippen LogP contribution in [0.25, 0.3) is 0 Å². The summed E-state index contributed by atoms with van der Waals surface area (Å²) in [6, 6.07) is 7.93. The average Bonchev–Trinajstić information content (AvgIpc) is 2.85. The van der Waals surface area contributed by atoms with E-state index in [-0.39, 0.29) is 24.0 Å². The molecule has 0 saturated carbocycles. The first-order valence-corrected chi connectivity index (χ1v) is 8.98. The van der Waals surface area contributed by atoms with Crippen LogP contribution in [-0.2, 0) is 13.0 Å². The molecule has 24 heavy (non-hydrogen) atoms. The molecule has 1 aromatic heterocycles. The third kappa shape index (κ3) is 6.57. The van der Waals surface area contributed by atoms with E-state index in [2.05, 4.69) is 40.5 Å². The average molecular weight is 479 g/mol. The molecule has 2 rings (SSSR count). The molecule has 1 heterocycles. The Morgan fingerprint density at radius 3 is 2.62 bits per heavy atom. The number of rotatable bonds is 6. The van der Waals surface area contributed by atoms with Gasteiger partial charge in [-0.25, -0.2) is 9.98 Å². The van der Waals surface area contributed by atoms with Crippen LogP contribution in [-0.4, -0.2) is 24.0 Å². The molecule has 1 aromatic carbocycles. The molecule has 0 amide bonds. The van der Waals surface area contributed by atoms with Crippen molar-refractivity contribution in [3.05, 3.63) is 50.4 Å². The number of aliphatic imine (C=N–C) groups is 1. The Bertz CT molecular complexity index is 653. The summed E-state index contributed by atoms with van der Waals surface area (Å²) in [5.41, 5.74) is 2.24. The highest BCUT2D eigenvalue weighted by molar-refractivity contribution is 14.0. The van der Waals surface area contributed by atoms with Crippen LogP contribution in [0.4, 0.5) is 0 Å². The van der Waals surface area contributed by atoms with Gasteiger partial charge in [0.05, 0.1) is 12.2 Å². The number of halogens is 2. The van der Waals surface area contributed by atoms with Gasteiger partial charge >= 0.3 is 0 Å². The highest BCUT2D eigenvalue weighted by atomic mass is 127. The van der Waals surface area contributed by atoms with Crippen molar-refractivity contribution in [1.82, 2.24) is 15.6 Å². The Morgan fingerprint density at radius 2 is 2.00 bits per heavy atom. The molecule has 0 fully saturated rings. The molecular formula is C17H24ClIN4S. The number of aromatic nitrogens is 1. The highest BCUT2D eigenvalue weighted by Crippen LogP contribution is 2.17. The number of guanidine groups is 1. The van der Waals surface area contributed by atoms with Gasteiger partial charge in [0.1, 0.15) is 5.01 Å². The Balaban J connectivity index is 0.00000288. The van der Waals surface area contributed by atoms with Gasteiger partial charge in [0.15, 0.2) is 5.96 Å². The SMILES string of the molecule is CCNC(=NCc1nc(C)c(C)s1)NCCc1ccccc1Cl.I. The number of hydrogen-bond acceptors (Lipinski definition) is 3. The van der Waals surface area contributed by atoms with Crippen LogP contribution < -0.4 is 10.6 Å². The minimum atomic E-state index is 0. The van der Waals surface area contributed by atoms with Crippen molar-refractivity contribution in [1.29, 1.82) is 0 Å². The zero-order valence-corrected chi connectivity index (χ0v) is 18.1. The largest absolute Gasteiger partial charge is 0.357 e. The molecular weight excluding hydrogens is 455 g/mol. The molecule has 0 aliphatic carbocycles. The molecule has 0 radical (unpaired) electrons. The lowest BCUT2D eigenvalue weighted by molar-refractivity contribution is 0.798. The van der Waals surface area contributed by atoms with Gasteiger partial charge in [0.25, 0.3) is 0 Å². The maximum absolute atomic E-state index is 6.18. The van der Waals surface area contributed by atoms with Crippen LogP contribution in [0.15, 0.2) is 29.3 Å². The molecule has 0 aliphatic heterocycles. The number of aryl methyl sites for hydroxylation is 2. The van der Waals surface area contributed by atoms with Crippen LogP contribution in [0.5, 0.6) is 0 Å². The van der Waals surface area contributed by atoms with Crippen molar-refractivity contribution in [2.45, 2.75) is 33.7 Å². The van der Waals surface area contributed by atoms with Gasteiger partial charge in [-0.15, -0.1) is 35.3 Å². The molecule has 2 N–H and O–H groups in total. The fourth-order valence-corrected chi connectivity index (χ4v) is 3.20. The van der Waals surface area contributed by atoms with Crippen molar-refractivity contribution < 1.29 is 0 Å². The molecule has 132 valence electrons. The van der Waals surface area contributed by atoms with E-state index in [0.29, 0.717) is 6.54 Å². The van der Waals surface area contributed by atoms with Crippen LogP contribution >= 0.6 is 46.9 Å². The fourth-order valence-electron chi connectivity index (χ4n) is 2.11. The van der Waals surface area contributed by atoms with Gasteiger partial charge in [-0.3, -0.25) is 0 Å². The Kier molecular flexibility index (Phi) is 9.61. The second kappa shape index (κ2) is 10.9. The third-order valence-electron chi connectivity index (χ3n) is 3.43. The van der Waals surface area contributed by atoms with Crippen LogP contribution in [0.2, 0.25) is 5.02 Å². The summed E-state index contributed by atoms with van der Waals surface area (Å²) in [5, 5.41) is 8.46. The van der Waals surface area contributed by atoms with Crippen LogP contribution in [0.1, 0.15) is 28.1 Å². The van der Waals surface area contributed by atoms with Crippen molar-refractivity contribution in [3.8, 4) is 0 Å². The van der Waals surface area contributed by atoms with Gasteiger partial charge in [0, 0.05) is 23.0 Å². The maximum Gasteiger partial charge on any atom is 0.191 e. The minimum absolute atomic E-state index is 0. The second-order valence-electron chi connectivity index (χ2n) is 5.21. The summed E-state index contributed by atoms with van der Waals surface area (Å²) in [6.45, 7) is 8.39. The lowest BCUT2D eigenvalue weighted by Gasteiger charge is -2.11. The quantitative estimate of drug-likeness (QED) is 0.369. The summed E-state index contributed by atoms with van der Waals surface area (Å²) < 4.78 is 0. The first-order chi connectivity index (χ1) is 11.1. The van der Waals surface area contributed by atoms with E-state index in [4.69, 9.17) is 11.6 Å². The third-order valence-corrected chi connectivity index (χ3v) is 4.86. The maximum atomic E-state index is 6.18. The zero-order valence-electron chi connectivity index (χ0n) is 14.2. The first kappa shape index (κ1) is 21.2. The van der Waals surface area contributed by atoms with Crippen LogP contribution in [0, 0.1) is 13.8 Å². The smallest absolute Gasteiger partial charge is 0.191 e. The first-order valence-electron chi connectivity index (χ1n) is 7.78. The number of nitrogens with one attached hydrogen (secondary N) is 2.